The number of hydrogen-bond acceptors (Lipinski definition) is 4. The van der Waals surface area contributed by atoms with Crippen molar-refractivity contribution in [3.8, 4) is 0 Å². The van der Waals surface area contributed by atoms with Gasteiger partial charge in [0.05, 0.1) is 12.5 Å². The molecule has 0 saturated heterocycles. The molecular formula is C22H32N2O4. The molecule has 2 fully saturated rings. The highest BCUT2D eigenvalue weighted by atomic mass is 16.5. The molecule has 0 amide bonds. The monoisotopic (exact) mass is 388 g/mol. The smallest absolute Gasteiger partial charge is 0.311 e. The first-order valence-corrected chi connectivity index (χ1v) is 10.2. The van der Waals surface area contributed by atoms with E-state index in [1.54, 1.807) is 0 Å². The lowest BCUT2D eigenvalue weighted by Gasteiger charge is -2.57. The number of fused-ring (bicyclic) bond motifs is 1. The third kappa shape index (κ3) is 3.27. The van der Waals surface area contributed by atoms with Crippen LogP contribution in [0, 0.1) is 22.7 Å². The first-order chi connectivity index (χ1) is 13.1. The molecule has 28 heavy (non-hydrogen) atoms. The minimum atomic E-state index is -0.471. The summed E-state index contributed by atoms with van der Waals surface area (Å²) in [5.74, 6) is 0.343. The molecule has 4 atom stereocenters. The molecule has 0 aromatic carbocycles. The van der Waals surface area contributed by atoms with Gasteiger partial charge in [0.25, 0.3) is 11.1 Å². The van der Waals surface area contributed by atoms with Gasteiger partial charge in [-0.3, -0.25) is 24.2 Å². The number of aromatic nitrogens is 2. The molecule has 2 aliphatic rings. The van der Waals surface area contributed by atoms with Crippen molar-refractivity contribution in [2.24, 2.45) is 29.7 Å². The van der Waals surface area contributed by atoms with Crippen LogP contribution in [0.4, 0.5) is 0 Å². The minimum absolute atomic E-state index is 0.0526. The van der Waals surface area contributed by atoms with Gasteiger partial charge >= 0.3 is 5.97 Å². The van der Waals surface area contributed by atoms with Crippen LogP contribution in [-0.4, -0.2) is 22.9 Å². The van der Waals surface area contributed by atoms with Gasteiger partial charge in [0, 0.05) is 18.7 Å². The van der Waals surface area contributed by atoms with Crippen molar-refractivity contribution >= 4 is 5.97 Å². The number of H-pyrrole nitrogens is 1. The molecule has 0 aliphatic heterocycles. The van der Waals surface area contributed by atoms with Crippen LogP contribution in [0.2, 0.25) is 0 Å². The minimum Gasteiger partial charge on any atom is -0.469 e. The number of ether oxygens (including phenoxy) is 1. The Hall–Kier alpha value is -2.11. The van der Waals surface area contributed by atoms with Crippen molar-refractivity contribution < 1.29 is 9.53 Å². The molecule has 0 radical (unpaired) electrons. The lowest BCUT2D eigenvalue weighted by molar-refractivity contribution is -0.168. The zero-order valence-electron chi connectivity index (χ0n) is 17.5. The molecule has 6 nitrogen and oxygen atoms in total. The van der Waals surface area contributed by atoms with Gasteiger partial charge in [0.15, 0.2) is 0 Å². The highest BCUT2D eigenvalue weighted by Crippen LogP contribution is 2.62. The van der Waals surface area contributed by atoms with Crippen LogP contribution in [0.15, 0.2) is 27.8 Å². The Bertz CT molecular complexity index is 899. The van der Waals surface area contributed by atoms with Crippen molar-refractivity contribution in [1.29, 1.82) is 0 Å². The Balaban J connectivity index is 1.89. The second-order valence-corrected chi connectivity index (χ2v) is 9.12. The van der Waals surface area contributed by atoms with Crippen LogP contribution in [0.3, 0.4) is 0 Å². The molecule has 1 aromatic heterocycles. The van der Waals surface area contributed by atoms with E-state index < -0.39 is 5.41 Å². The van der Waals surface area contributed by atoms with Crippen molar-refractivity contribution in [3.05, 3.63) is 44.5 Å². The fourth-order valence-electron chi connectivity index (χ4n) is 6.04. The standard InChI is InChI=1S/C22H32N2O4/c1-14-7-10-17-21(2,11-6-12-22(17,3)20(27)28-5)16(14)9-8-15-13-18(25)24(4)23-19(15)26/h13,16-17H,1,6-12H2,2-5H3,(H,23,26)/t16-,17-,21+,22-/m0/s1. The number of allylic oxidation sites excluding steroid dienone is 1. The molecule has 2 saturated carbocycles. The number of nitrogens with one attached hydrogen (secondary N) is 1. The summed E-state index contributed by atoms with van der Waals surface area (Å²) in [6, 6.07) is 1.43. The quantitative estimate of drug-likeness (QED) is 0.635. The van der Waals surface area contributed by atoms with E-state index >= 15 is 0 Å². The maximum absolute atomic E-state index is 12.6. The van der Waals surface area contributed by atoms with Crippen LogP contribution in [0.1, 0.15) is 57.9 Å². The molecule has 6 heteroatoms. The third-order valence-corrected chi connectivity index (χ3v) is 7.56. The second kappa shape index (κ2) is 7.37. The van der Waals surface area contributed by atoms with E-state index in [1.165, 1.54) is 30.5 Å². The number of nitrogens with zero attached hydrogens (tertiary/aromatic N) is 1. The number of carbonyl (C=O) groups is 1. The van der Waals surface area contributed by atoms with Crippen molar-refractivity contribution in [1.82, 2.24) is 9.78 Å². The zero-order chi connectivity index (χ0) is 20.7. The third-order valence-electron chi connectivity index (χ3n) is 7.56. The van der Waals surface area contributed by atoms with Gasteiger partial charge in [-0.25, -0.2) is 0 Å². The molecule has 1 N–H and O–H groups in total. The maximum Gasteiger partial charge on any atom is 0.311 e. The SMILES string of the molecule is C=C1CC[C@H]2[C@](C)(CCC[C@]2(C)C(=O)OC)[C@H]1CCc1cc(=O)n(C)[nH]c1=O. The van der Waals surface area contributed by atoms with Crippen LogP contribution in [-0.2, 0) is 23.0 Å². The van der Waals surface area contributed by atoms with Crippen LogP contribution in [0.25, 0.3) is 0 Å². The van der Waals surface area contributed by atoms with Crippen molar-refractivity contribution in [3.63, 3.8) is 0 Å². The van der Waals surface area contributed by atoms with Crippen LogP contribution >= 0.6 is 0 Å². The van der Waals surface area contributed by atoms with Crippen LogP contribution in [0.5, 0.6) is 0 Å². The summed E-state index contributed by atoms with van der Waals surface area (Å²) in [7, 11) is 3.01. The number of rotatable bonds is 4. The topological polar surface area (TPSA) is 81.2 Å². The van der Waals surface area contributed by atoms with Gasteiger partial charge in [-0.05, 0) is 62.7 Å². The zero-order valence-corrected chi connectivity index (χ0v) is 17.5. The number of esters is 1. The van der Waals surface area contributed by atoms with Gasteiger partial charge in [0.1, 0.15) is 0 Å². The summed E-state index contributed by atoms with van der Waals surface area (Å²) >= 11 is 0. The fraction of sp³-hybridized carbons (Fsp3) is 0.682. The molecule has 3 rings (SSSR count). The predicted molar refractivity (Wildman–Crippen MR) is 108 cm³/mol. The van der Waals surface area contributed by atoms with E-state index in [-0.39, 0.29) is 34.3 Å². The number of carbonyl (C=O) groups excluding carboxylic acids is 1. The Morgan fingerprint density at radius 3 is 2.75 bits per heavy atom. The molecular weight excluding hydrogens is 356 g/mol. The molecule has 1 heterocycles. The highest BCUT2D eigenvalue weighted by Gasteiger charge is 2.57. The Kier molecular flexibility index (Phi) is 5.43. The van der Waals surface area contributed by atoms with Gasteiger partial charge in [0.2, 0.25) is 0 Å². The summed E-state index contributed by atoms with van der Waals surface area (Å²) in [6.45, 7) is 8.68. The Labute approximate surface area is 166 Å². The largest absolute Gasteiger partial charge is 0.469 e. The lowest BCUT2D eigenvalue weighted by Crippen LogP contribution is -2.53. The predicted octanol–water partition coefficient (Wildman–Crippen LogP) is 2.96. The summed E-state index contributed by atoms with van der Waals surface area (Å²) in [4.78, 5) is 36.8. The Morgan fingerprint density at radius 2 is 2.07 bits per heavy atom. The van der Waals surface area contributed by atoms with E-state index in [2.05, 4.69) is 25.5 Å². The molecule has 0 unspecified atom stereocenters. The second-order valence-electron chi connectivity index (χ2n) is 9.12. The van der Waals surface area contributed by atoms with Gasteiger partial charge in [-0.1, -0.05) is 25.5 Å². The average molecular weight is 389 g/mol. The van der Waals surface area contributed by atoms with Gasteiger partial charge in [-0.15, -0.1) is 0 Å². The first kappa shape index (κ1) is 20.6. The van der Waals surface area contributed by atoms with E-state index in [9.17, 15) is 14.4 Å². The average Bonchev–Trinajstić information content (AvgIpc) is 2.64. The first-order valence-electron chi connectivity index (χ1n) is 10.2. The summed E-state index contributed by atoms with van der Waals surface area (Å²) in [5.41, 5.74) is 0.774. The number of hydrogen-bond donors (Lipinski definition) is 1. The molecule has 1 aromatic rings. The summed E-state index contributed by atoms with van der Waals surface area (Å²) < 4.78 is 6.37. The van der Waals surface area contributed by atoms with E-state index in [4.69, 9.17) is 4.74 Å². The molecule has 2 aliphatic carbocycles. The molecule has 0 spiro atoms. The normalized spacial score (nSPS) is 32.6. The highest BCUT2D eigenvalue weighted by molar-refractivity contribution is 5.77. The van der Waals surface area contributed by atoms with Crippen molar-refractivity contribution in [2.45, 2.75) is 58.8 Å². The molecule has 154 valence electrons. The van der Waals surface area contributed by atoms with E-state index in [1.807, 2.05) is 0 Å². The van der Waals surface area contributed by atoms with Gasteiger partial charge < -0.3 is 4.74 Å². The Morgan fingerprint density at radius 1 is 1.36 bits per heavy atom. The lowest BCUT2D eigenvalue weighted by atomic mass is 9.46. The van der Waals surface area contributed by atoms with Crippen LogP contribution < -0.4 is 11.1 Å². The van der Waals surface area contributed by atoms with E-state index in [0.29, 0.717) is 12.0 Å². The number of methoxy groups -OCH3 is 1. The fourth-order valence-corrected chi connectivity index (χ4v) is 6.04. The maximum atomic E-state index is 12.6. The van der Waals surface area contributed by atoms with Gasteiger partial charge in [-0.2, -0.15) is 0 Å². The molecule has 0 bridgehead atoms. The summed E-state index contributed by atoms with van der Waals surface area (Å²) in [6.07, 6.45) is 6.02. The number of aryl methyl sites for hydroxylation is 2. The number of aromatic amines is 1. The van der Waals surface area contributed by atoms with E-state index in [0.717, 1.165) is 38.5 Å². The summed E-state index contributed by atoms with van der Waals surface area (Å²) in [5, 5.41) is 2.57. The van der Waals surface area contributed by atoms with Crippen molar-refractivity contribution in [2.75, 3.05) is 7.11 Å².